The van der Waals surface area contributed by atoms with Crippen LogP contribution in [0.5, 0.6) is 11.5 Å². The molecule has 0 saturated heterocycles. The minimum atomic E-state index is -0.442. The van der Waals surface area contributed by atoms with E-state index in [9.17, 15) is 9.59 Å². The summed E-state index contributed by atoms with van der Waals surface area (Å²) in [5.41, 5.74) is 3.14. The van der Waals surface area contributed by atoms with Gasteiger partial charge in [-0.1, -0.05) is 12.1 Å². The molecule has 2 heterocycles. The quantitative estimate of drug-likeness (QED) is 0.303. The lowest BCUT2D eigenvalue weighted by atomic mass is 10.2. The van der Waals surface area contributed by atoms with Crippen LogP contribution in [0.1, 0.15) is 24.9 Å². The number of hydrogen-bond acceptors (Lipinski definition) is 7. The number of hydrazone groups is 1. The van der Waals surface area contributed by atoms with Crippen molar-refractivity contribution in [2.45, 2.75) is 0 Å². The highest BCUT2D eigenvalue weighted by Gasteiger charge is 2.13. The second-order valence-electron chi connectivity index (χ2n) is 4.95. The van der Waals surface area contributed by atoms with Crippen molar-refractivity contribution < 1.29 is 19.1 Å². The van der Waals surface area contributed by atoms with Crippen molar-refractivity contribution in [1.82, 2.24) is 5.43 Å². The van der Waals surface area contributed by atoms with Gasteiger partial charge in [0.1, 0.15) is 4.88 Å². The maximum atomic E-state index is 12.0. The largest absolute Gasteiger partial charge is 0.493 e. The molecule has 3 aromatic rings. The second kappa shape index (κ2) is 8.41. The third-order valence-electron chi connectivity index (χ3n) is 3.24. The SMILES string of the molecule is COc1cc(/C=N/NC(=O)c2cccs2)ccc1OC(=O)c1cccs1. The van der Waals surface area contributed by atoms with Crippen LogP contribution in [0.25, 0.3) is 0 Å². The lowest BCUT2D eigenvalue weighted by Crippen LogP contribution is -2.16. The van der Waals surface area contributed by atoms with Crippen molar-refractivity contribution >= 4 is 40.8 Å². The summed E-state index contributed by atoms with van der Waals surface area (Å²) in [5, 5.41) is 7.55. The van der Waals surface area contributed by atoms with E-state index in [1.54, 1.807) is 47.8 Å². The molecule has 0 aliphatic heterocycles. The molecule has 0 atom stereocenters. The molecule has 2 aromatic heterocycles. The van der Waals surface area contributed by atoms with E-state index in [1.807, 2.05) is 5.38 Å². The number of amides is 1. The molecule has 1 amide bonds. The zero-order chi connectivity index (χ0) is 18.4. The smallest absolute Gasteiger partial charge is 0.353 e. The standard InChI is InChI=1S/C18H14N2O4S2/c1-23-14-10-12(11-19-20-17(21)15-4-2-8-25-15)6-7-13(14)24-18(22)16-5-3-9-26-16/h2-11H,1H3,(H,20,21)/b19-11+. The average Bonchev–Trinajstić information content (AvgIpc) is 3.36. The number of esters is 1. The fraction of sp³-hybridized carbons (Fsp3) is 0.0556. The number of nitrogens with one attached hydrogen (secondary N) is 1. The number of carbonyl (C=O) groups is 2. The van der Waals surface area contributed by atoms with Crippen molar-refractivity contribution in [2.75, 3.05) is 7.11 Å². The van der Waals surface area contributed by atoms with Gasteiger partial charge in [-0.3, -0.25) is 4.79 Å². The van der Waals surface area contributed by atoms with E-state index < -0.39 is 5.97 Å². The Kier molecular flexibility index (Phi) is 5.77. The van der Waals surface area contributed by atoms with Gasteiger partial charge in [0.05, 0.1) is 18.2 Å². The van der Waals surface area contributed by atoms with E-state index in [-0.39, 0.29) is 5.91 Å². The Morgan fingerprint density at radius 1 is 1.04 bits per heavy atom. The summed E-state index contributed by atoms with van der Waals surface area (Å²) in [5.74, 6) is -0.0123. The van der Waals surface area contributed by atoms with Crippen LogP contribution in [0.15, 0.2) is 58.3 Å². The van der Waals surface area contributed by atoms with Crippen molar-refractivity contribution in [3.63, 3.8) is 0 Å². The van der Waals surface area contributed by atoms with Gasteiger partial charge >= 0.3 is 5.97 Å². The topological polar surface area (TPSA) is 77.0 Å². The molecule has 0 aliphatic rings. The van der Waals surface area contributed by atoms with Crippen LogP contribution in [0, 0.1) is 0 Å². The minimum absolute atomic E-state index is 0.273. The molecule has 26 heavy (non-hydrogen) atoms. The summed E-state index contributed by atoms with van der Waals surface area (Å²) in [4.78, 5) is 24.9. The van der Waals surface area contributed by atoms with Gasteiger partial charge in [-0.05, 0) is 46.7 Å². The number of ether oxygens (including phenoxy) is 2. The molecule has 3 rings (SSSR count). The van der Waals surface area contributed by atoms with Gasteiger partial charge in [0, 0.05) is 0 Å². The number of methoxy groups -OCH3 is 1. The van der Waals surface area contributed by atoms with Gasteiger partial charge in [0.25, 0.3) is 5.91 Å². The number of thiophene rings is 2. The number of carbonyl (C=O) groups excluding carboxylic acids is 2. The molecule has 132 valence electrons. The number of hydrogen-bond donors (Lipinski definition) is 1. The number of rotatable bonds is 6. The van der Waals surface area contributed by atoms with Crippen LogP contribution in [-0.2, 0) is 0 Å². The first-order valence-corrected chi connectivity index (χ1v) is 9.24. The Morgan fingerprint density at radius 2 is 1.77 bits per heavy atom. The summed E-state index contributed by atoms with van der Waals surface area (Å²) in [6.45, 7) is 0. The molecule has 0 radical (unpaired) electrons. The van der Waals surface area contributed by atoms with Crippen LogP contribution >= 0.6 is 22.7 Å². The first-order valence-electron chi connectivity index (χ1n) is 7.48. The Hall–Kier alpha value is -2.97. The fourth-order valence-electron chi connectivity index (χ4n) is 2.02. The molecule has 6 nitrogen and oxygen atoms in total. The maximum absolute atomic E-state index is 12.0. The third-order valence-corrected chi connectivity index (χ3v) is 4.96. The van der Waals surface area contributed by atoms with Gasteiger partial charge < -0.3 is 9.47 Å². The van der Waals surface area contributed by atoms with E-state index in [2.05, 4.69) is 10.5 Å². The van der Waals surface area contributed by atoms with Crippen LogP contribution in [-0.4, -0.2) is 25.2 Å². The third kappa shape index (κ3) is 4.35. The highest BCUT2D eigenvalue weighted by molar-refractivity contribution is 7.12. The maximum Gasteiger partial charge on any atom is 0.353 e. The Labute approximate surface area is 157 Å². The lowest BCUT2D eigenvalue weighted by molar-refractivity contribution is 0.0734. The van der Waals surface area contributed by atoms with Gasteiger partial charge in [-0.2, -0.15) is 5.10 Å². The molecule has 8 heteroatoms. The Bertz CT molecular complexity index is 919. The van der Waals surface area contributed by atoms with Crippen LogP contribution in [0.3, 0.4) is 0 Å². The molecule has 1 N–H and O–H groups in total. The Morgan fingerprint density at radius 3 is 2.42 bits per heavy atom. The van der Waals surface area contributed by atoms with E-state index in [4.69, 9.17) is 9.47 Å². The number of nitrogens with zero attached hydrogens (tertiary/aromatic N) is 1. The van der Waals surface area contributed by atoms with Crippen molar-refractivity contribution in [2.24, 2.45) is 5.10 Å². The van der Waals surface area contributed by atoms with Gasteiger partial charge in [-0.15, -0.1) is 22.7 Å². The molecule has 0 spiro atoms. The van der Waals surface area contributed by atoms with Crippen LogP contribution in [0.2, 0.25) is 0 Å². The monoisotopic (exact) mass is 386 g/mol. The van der Waals surface area contributed by atoms with Gasteiger partial charge in [0.2, 0.25) is 0 Å². The predicted molar refractivity (Wildman–Crippen MR) is 102 cm³/mol. The molecule has 0 aliphatic carbocycles. The molecular weight excluding hydrogens is 372 g/mol. The van der Waals surface area contributed by atoms with E-state index in [0.29, 0.717) is 26.8 Å². The minimum Gasteiger partial charge on any atom is -0.493 e. The van der Waals surface area contributed by atoms with Crippen molar-refractivity contribution in [3.8, 4) is 11.5 Å². The zero-order valence-electron chi connectivity index (χ0n) is 13.7. The number of benzene rings is 1. The summed E-state index contributed by atoms with van der Waals surface area (Å²) in [7, 11) is 1.48. The van der Waals surface area contributed by atoms with Gasteiger partial charge in [0.15, 0.2) is 11.5 Å². The summed E-state index contributed by atoms with van der Waals surface area (Å²) in [6, 6.07) is 12.0. The molecule has 0 unspecified atom stereocenters. The molecule has 0 fully saturated rings. The highest BCUT2D eigenvalue weighted by Crippen LogP contribution is 2.28. The molecule has 1 aromatic carbocycles. The van der Waals surface area contributed by atoms with E-state index in [0.717, 1.165) is 0 Å². The first-order chi connectivity index (χ1) is 12.7. The van der Waals surface area contributed by atoms with Crippen molar-refractivity contribution in [3.05, 3.63) is 68.5 Å². The van der Waals surface area contributed by atoms with Crippen LogP contribution < -0.4 is 14.9 Å². The normalized spacial score (nSPS) is 10.7. The van der Waals surface area contributed by atoms with Crippen molar-refractivity contribution in [1.29, 1.82) is 0 Å². The summed E-state index contributed by atoms with van der Waals surface area (Å²) in [6.07, 6.45) is 1.49. The van der Waals surface area contributed by atoms with E-state index in [1.165, 1.54) is 36.0 Å². The van der Waals surface area contributed by atoms with Gasteiger partial charge in [-0.25, -0.2) is 10.2 Å². The van der Waals surface area contributed by atoms with Crippen LogP contribution in [0.4, 0.5) is 0 Å². The van der Waals surface area contributed by atoms with E-state index >= 15 is 0 Å². The highest BCUT2D eigenvalue weighted by atomic mass is 32.1. The fourth-order valence-corrected chi connectivity index (χ4v) is 3.23. The second-order valence-corrected chi connectivity index (χ2v) is 6.85. The Balaban J connectivity index is 1.67. The first kappa shape index (κ1) is 17.8. The summed E-state index contributed by atoms with van der Waals surface area (Å²) < 4.78 is 10.6. The lowest BCUT2D eigenvalue weighted by Gasteiger charge is -2.09. The average molecular weight is 386 g/mol. The molecular formula is C18H14N2O4S2. The molecule has 0 bridgehead atoms. The summed E-state index contributed by atoms with van der Waals surface area (Å²) >= 11 is 2.64. The molecule has 0 saturated carbocycles. The predicted octanol–water partition coefficient (Wildman–Crippen LogP) is 3.80. The zero-order valence-corrected chi connectivity index (χ0v) is 15.3.